The molecule has 2 rings (SSSR count). The van der Waals surface area contributed by atoms with E-state index in [0.29, 0.717) is 0 Å². The van der Waals surface area contributed by atoms with Crippen molar-refractivity contribution < 1.29 is 14.7 Å². The summed E-state index contributed by atoms with van der Waals surface area (Å²) in [6.07, 6.45) is 5.94. The highest BCUT2D eigenvalue weighted by Crippen LogP contribution is 2.43. The van der Waals surface area contributed by atoms with Gasteiger partial charge in [0.1, 0.15) is 5.54 Å². The smallest absolute Gasteiger partial charge is 0.329 e. The number of rotatable bonds is 4. The molecular formula is C15H25NO3. The molecule has 2 N–H and O–H groups in total. The lowest BCUT2D eigenvalue weighted by Crippen LogP contribution is -2.57. The van der Waals surface area contributed by atoms with E-state index in [1.54, 1.807) is 6.92 Å². The molecule has 4 heteroatoms. The van der Waals surface area contributed by atoms with Crippen molar-refractivity contribution in [1.29, 1.82) is 0 Å². The van der Waals surface area contributed by atoms with Crippen LogP contribution in [0.1, 0.15) is 59.3 Å². The zero-order chi connectivity index (χ0) is 14.3. The fourth-order valence-corrected chi connectivity index (χ4v) is 3.31. The maximum atomic E-state index is 12.5. The topological polar surface area (TPSA) is 66.4 Å². The molecule has 0 bridgehead atoms. The quantitative estimate of drug-likeness (QED) is 0.822. The van der Waals surface area contributed by atoms with Gasteiger partial charge in [0, 0.05) is 5.92 Å². The van der Waals surface area contributed by atoms with E-state index in [9.17, 15) is 14.7 Å². The summed E-state index contributed by atoms with van der Waals surface area (Å²) in [7, 11) is 0. The Bertz CT molecular complexity index is 387. The number of amides is 1. The van der Waals surface area contributed by atoms with Gasteiger partial charge in [0.15, 0.2) is 0 Å². The summed E-state index contributed by atoms with van der Waals surface area (Å²) >= 11 is 0. The maximum Gasteiger partial charge on any atom is 0.329 e. The minimum Gasteiger partial charge on any atom is -0.480 e. The van der Waals surface area contributed by atoms with E-state index in [0.717, 1.165) is 38.5 Å². The molecule has 0 spiro atoms. The Morgan fingerprint density at radius 3 is 2.32 bits per heavy atom. The predicted molar refractivity (Wildman–Crippen MR) is 72.6 cm³/mol. The second-order valence-electron chi connectivity index (χ2n) is 7.06. The summed E-state index contributed by atoms with van der Waals surface area (Å²) in [6, 6.07) is 0. The summed E-state index contributed by atoms with van der Waals surface area (Å²) in [5, 5.41) is 12.2. The minimum absolute atomic E-state index is 0.0225. The lowest BCUT2D eigenvalue weighted by Gasteiger charge is -2.39. The lowest BCUT2D eigenvalue weighted by molar-refractivity contribution is -0.149. The van der Waals surface area contributed by atoms with Crippen LogP contribution >= 0.6 is 0 Å². The molecular weight excluding hydrogens is 242 g/mol. The van der Waals surface area contributed by atoms with Gasteiger partial charge in [0.2, 0.25) is 5.91 Å². The zero-order valence-corrected chi connectivity index (χ0v) is 12.2. The van der Waals surface area contributed by atoms with E-state index >= 15 is 0 Å². The molecule has 0 aliphatic heterocycles. The molecule has 2 atom stereocenters. The first-order valence-electron chi connectivity index (χ1n) is 7.33. The van der Waals surface area contributed by atoms with Crippen molar-refractivity contribution in [2.75, 3.05) is 0 Å². The maximum absolute atomic E-state index is 12.5. The Balaban J connectivity index is 2.09. The van der Waals surface area contributed by atoms with E-state index in [4.69, 9.17) is 0 Å². The second kappa shape index (κ2) is 4.80. The summed E-state index contributed by atoms with van der Waals surface area (Å²) in [5.74, 6) is -0.933. The van der Waals surface area contributed by atoms with Gasteiger partial charge in [-0.3, -0.25) is 4.79 Å². The Hall–Kier alpha value is -1.06. The number of carbonyl (C=O) groups is 2. The van der Waals surface area contributed by atoms with Crippen molar-refractivity contribution in [3.05, 3.63) is 0 Å². The van der Waals surface area contributed by atoms with Crippen molar-refractivity contribution >= 4 is 11.9 Å². The number of aliphatic carboxylic acids is 1. The molecule has 0 aromatic heterocycles. The Labute approximate surface area is 115 Å². The van der Waals surface area contributed by atoms with Gasteiger partial charge >= 0.3 is 5.97 Å². The summed E-state index contributed by atoms with van der Waals surface area (Å²) in [5.41, 5.74) is -1.10. The number of hydrogen-bond acceptors (Lipinski definition) is 2. The third kappa shape index (κ3) is 2.77. The van der Waals surface area contributed by atoms with Crippen LogP contribution in [-0.4, -0.2) is 22.5 Å². The Kier molecular flexibility index (Phi) is 3.63. The number of carbonyl (C=O) groups excluding carboxylic acids is 1. The van der Waals surface area contributed by atoms with Crippen molar-refractivity contribution in [1.82, 2.24) is 5.32 Å². The van der Waals surface area contributed by atoms with Crippen LogP contribution in [0, 0.1) is 17.3 Å². The van der Waals surface area contributed by atoms with E-state index in [1.807, 2.05) is 0 Å². The van der Waals surface area contributed by atoms with Gasteiger partial charge in [-0.2, -0.15) is 0 Å². The van der Waals surface area contributed by atoms with E-state index in [2.05, 4.69) is 19.2 Å². The standard InChI is InChI=1S/C15H25NO3/c1-14(2)9-5-4-6-11(14)12(17)16-15(3,13(18)19)10-7-8-10/h10-11H,4-9H2,1-3H3,(H,16,17)(H,18,19). The van der Waals surface area contributed by atoms with Gasteiger partial charge in [-0.1, -0.05) is 26.7 Å². The van der Waals surface area contributed by atoms with Crippen molar-refractivity contribution in [3.63, 3.8) is 0 Å². The lowest BCUT2D eigenvalue weighted by atomic mass is 9.68. The zero-order valence-electron chi connectivity index (χ0n) is 12.2. The van der Waals surface area contributed by atoms with Gasteiger partial charge in [-0.25, -0.2) is 4.79 Å². The van der Waals surface area contributed by atoms with Crippen LogP contribution in [0.2, 0.25) is 0 Å². The fraction of sp³-hybridized carbons (Fsp3) is 0.867. The van der Waals surface area contributed by atoms with Crippen LogP contribution in [0.3, 0.4) is 0 Å². The van der Waals surface area contributed by atoms with Crippen LogP contribution in [0.4, 0.5) is 0 Å². The van der Waals surface area contributed by atoms with Crippen LogP contribution < -0.4 is 5.32 Å². The molecule has 19 heavy (non-hydrogen) atoms. The largest absolute Gasteiger partial charge is 0.480 e. The Morgan fingerprint density at radius 2 is 1.84 bits per heavy atom. The molecule has 2 saturated carbocycles. The first-order chi connectivity index (χ1) is 8.77. The summed E-state index contributed by atoms with van der Waals surface area (Å²) < 4.78 is 0. The molecule has 2 fully saturated rings. The van der Waals surface area contributed by atoms with Gasteiger partial charge in [-0.15, -0.1) is 0 Å². The summed E-state index contributed by atoms with van der Waals surface area (Å²) in [6.45, 7) is 5.89. The van der Waals surface area contributed by atoms with E-state index in [1.165, 1.54) is 0 Å². The molecule has 2 unspecified atom stereocenters. The second-order valence-corrected chi connectivity index (χ2v) is 7.06. The molecule has 0 heterocycles. The van der Waals surface area contributed by atoms with Crippen molar-refractivity contribution in [2.24, 2.45) is 17.3 Å². The molecule has 0 aromatic rings. The highest BCUT2D eigenvalue weighted by atomic mass is 16.4. The van der Waals surface area contributed by atoms with Crippen LogP contribution in [0.15, 0.2) is 0 Å². The molecule has 4 nitrogen and oxygen atoms in total. The van der Waals surface area contributed by atoms with Crippen LogP contribution in [-0.2, 0) is 9.59 Å². The minimum atomic E-state index is -1.08. The first kappa shape index (κ1) is 14.4. The van der Waals surface area contributed by atoms with Gasteiger partial charge in [0.25, 0.3) is 0 Å². The van der Waals surface area contributed by atoms with Gasteiger partial charge < -0.3 is 10.4 Å². The molecule has 108 valence electrons. The van der Waals surface area contributed by atoms with Crippen molar-refractivity contribution in [2.45, 2.75) is 64.8 Å². The predicted octanol–water partition coefficient (Wildman–Crippen LogP) is 2.57. The third-order valence-electron chi connectivity index (χ3n) is 5.04. The SMILES string of the molecule is CC1(C)CCCCC1C(=O)NC(C)(C(=O)O)C1CC1. The van der Waals surface area contributed by atoms with Crippen molar-refractivity contribution in [3.8, 4) is 0 Å². The molecule has 0 radical (unpaired) electrons. The number of carboxylic acid groups (broad SMARTS) is 1. The molecule has 2 aliphatic rings. The Morgan fingerprint density at radius 1 is 1.21 bits per heavy atom. The van der Waals surface area contributed by atoms with E-state index in [-0.39, 0.29) is 23.2 Å². The molecule has 2 aliphatic carbocycles. The average molecular weight is 267 g/mol. The molecule has 0 aromatic carbocycles. The highest BCUT2D eigenvalue weighted by molar-refractivity contribution is 5.88. The monoisotopic (exact) mass is 267 g/mol. The number of carboxylic acids is 1. The normalized spacial score (nSPS) is 29.3. The third-order valence-corrected chi connectivity index (χ3v) is 5.04. The molecule has 1 amide bonds. The van der Waals surface area contributed by atoms with E-state index < -0.39 is 11.5 Å². The number of hydrogen-bond donors (Lipinski definition) is 2. The average Bonchev–Trinajstić information content (AvgIpc) is 3.11. The van der Waals surface area contributed by atoms with Gasteiger partial charge in [-0.05, 0) is 43.9 Å². The first-order valence-corrected chi connectivity index (χ1v) is 7.33. The number of nitrogens with one attached hydrogen (secondary N) is 1. The summed E-state index contributed by atoms with van der Waals surface area (Å²) in [4.78, 5) is 24.0. The fourth-order valence-electron chi connectivity index (χ4n) is 3.31. The van der Waals surface area contributed by atoms with Crippen LogP contribution in [0.25, 0.3) is 0 Å². The van der Waals surface area contributed by atoms with Gasteiger partial charge in [0.05, 0.1) is 0 Å². The highest BCUT2D eigenvalue weighted by Gasteiger charge is 2.50. The van der Waals surface area contributed by atoms with Crippen LogP contribution in [0.5, 0.6) is 0 Å². The molecule has 0 saturated heterocycles.